The average Bonchev–Trinajstić information content (AvgIpc) is 2.55. The van der Waals surface area contributed by atoms with Crippen LogP contribution in [0.2, 0.25) is 0 Å². The van der Waals surface area contributed by atoms with Crippen LogP contribution in [0, 0.1) is 5.82 Å². The topological polar surface area (TPSA) is 78.5 Å². The SMILES string of the molecule is O=C1CN(c2ccccc2NS(=O)(=O)c2ccccc2F)CCN1. The van der Waals surface area contributed by atoms with Crippen molar-refractivity contribution in [2.75, 3.05) is 29.3 Å². The van der Waals surface area contributed by atoms with Crippen molar-refractivity contribution in [3.05, 3.63) is 54.3 Å². The molecule has 0 radical (unpaired) electrons. The molecule has 1 fully saturated rings. The zero-order valence-electron chi connectivity index (χ0n) is 12.7. The number of hydrogen-bond acceptors (Lipinski definition) is 4. The Morgan fingerprint density at radius 2 is 1.79 bits per heavy atom. The van der Waals surface area contributed by atoms with Gasteiger partial charge in [-0.2, -0.15) is 0 Å². The lowest BCUT2D eigenvalue weighted by atomic mass is 10.2. The Balaban J connectivity index is 1.93. The van der Waals surface area contributed by atoms with Crippen LogP contribution in [-0.4, -0.2) is 34.0 Å². The molecule has 0 spiro atoms. The highest BCUT2D eigenvalue weighted by atomic mass is 32.2. The van der Waals surface area contributed by atoms with Gasteiger partial charge in [-0.05, 0) is 24.3 Å². The highest BCUT2D eigenvalue weighted by Gasteiger charge is 2.23. The van der Waals surface area contributed by atoms with Gasteiger partial charge < -0.3 is 10.2 Å². The Morgan fingerprint density at radius 3 is 2.54 bits per heavy atom. The first-order valence-electron chi connectivity index (χ1n) is 7.35. The fourth-order valence-corrected chi connectivity index (χ4v) is 3.70. The van der Waals surface area contributed by atoms with E-state index in [0.717, 1.165) is 6.07 Å². The lowest BCUT2D eigenvalue weighted by Crippen LogP contribution is -2.47. The van der Waals surface area contributed by atoms with E-state index in [4.69, 9.17) is 0 Å². The number of halogens is 1. The van der Waals surface area contributed by atoms with Gasteiger partial charge in [-0.25, -0.2) is 12.8 Å². The first-order chi connectivity index (χ1) is 11.5. The Labute approximate surface area is 139 Å². The molecule has 0 saturated carbocycles. The molecule has 1 heterocycles. The number of amides is 1. The van der Waals surface area contributed by atoms with Crippen LogP contribution in [0.4, 0.5) is 15.8 Å². The summed E-state index contributed by atoms with van der Waals surface area (Å²) in [5.41, 5.74) is 0.878. The molecule has 2 N–H and O–H groups in total. The van der Waals surface area contributed by atoms with Gasteiger partial charge in [0.05, 0.1) is 17.9 Å². The summed E-state index contributed by atoms with van der Waals surface area (Å²) in [4.78, 5) is 12.9. The third-order valence-electron chi connectivity index (χ3n) is 3.65. The molecule has 0 atom stereocenters. The summed E-state index contributed by atoms with van der Waals surface area (Å²) in [7, 11) is -4.07. The summed E-state index contributed by atoms with van der Waals surface area (Å²) in [6, 6.07) is 11.9. The van der Waals surface area contributed by atoms with Crippen LogP contribution in [0.15, 0.2) is 53.4 Å². The number of carbonyl (C=O) groups is 1. The van der Waals surface area contributed by atoms with Crippen molar-refractivity contribution in [3.8, 4) is 0 Å². The summed E-state index contributed by atoms with van der Waals surface area (Å²) in [5.74, 6) is -0.951. The molecule has 24 heavy (non-hydrogen) atoms. The maximum Gasteiger partial charge on any atom is 0.264 e. The van der Waals surface area contributed by atoms with E-state index in [9.17, 15) is 17.6 Å². The molecule has 0 bridgehead atoms. The zero-order valence-corrected chi connectivity index (χ0v) is 13.5. The number of benzene rings is 2. The van der Waals surface area contributed by atoms with Crippen LogP contribution in [0.5, 0.6) is 0 Å². The molecule has 1 aliphatic rings. The number of rotatable bonds is 4. The molecular formula is C16H16FN3O3S. The number of carbonyl (C=O) groups excluding carboxylic acids is 1. The smallest absolute Gasteiger partial charge is 0.264 e. The van der Waals surface area contributed by atoms with Crippen molar-refractivity contribution < 1.29 is 17.6 Å². The lowest BCUT2D eigenvalue weighted by Gasteiger charge is -2.30. The molecule has 1 saturated heterocycles. The predicted octanol–water partition coefficient (Wildman–Crippen LogP) is 1.56. The minimum atomic E-state index is -4.07. The second kappa shape index (κ2) is 6.48. The Bertz CT molecular complexity index is 870. The number of nitrogens with one attached hydrogen (secondary N) is 2. The van der Waals surface area contributed by atoms with Crippen LogP contribution in [0.3, 0.4) is 0 Å². The number of sulfonamides is 1. The van der Waals surface area contributed by atoms with Gasteiger partial charge in [0, 0.05) is 13.1 Å². The number of piperazine rings is 1. The number of hydrogen-bond donors (Lipinski definition) is 2. The van der Waals surface area contributed by atoms with Gasteiger partial charge in [-0.15, -0.1) is 0 Å². The minimum absolute atomic E-state index is 0.131. The van der Waals surface area contributed by atoms with Crippen LogP contribution < -0.4 is 14.9 Å². The fourth-order valence-electron chi connectivity index (χ4n) is 2.54. The summed E-state index contributed by atoms with van der Waals surface area (Å²) in [6.45, 7) is 1.18. The zero-order chi connectivity index (χ0) is 17.2. The standard InChI is InChI=1S/C16H16FN3O3S/c17-12-5-1-4-8-15(12)24(22,23)19-13-6-2-3-7-14(13)20-10-9-18-16(21)11-20/h1-8,19H,9-11H2,(H,18,21). The van der Waals surface area contributed by atoms with Gasteiger partial charge in [-0.3, -0.25) is 9.52 Å². The number of para-hydroxylation sites is 2. The number of nitrogens with zero attached hydrogens (tertiary/aromatic N) is 1. The summed E-state index contributed by atoms with van der Waals surface area (Å²) in [5, 5.41) is 2.71. The summed E-state index contributed by atoms with van der Waals surface area (Å²) < 4.78 is 41.2. The van der Waals surface area contributed by atoms with E-state index in [1.54, 1.807) is 29.2 Å². The molecule has 0 unspecified atom stereocenters. The first-order valence-corrected chi connectivity index (χ1v) is 8.84. The largest absolute Gasteiger partial charge is 0.359 e. The van der Waals surface area contributed by atoms with Crippen LogP contribution in [0.1, 0.15) is 0 Å². The second-order valence-electron chi connectivity index (χ2n) is 5.32. The second-order valence-corrected chi connectivity index (χ2v) is 6.98. The van der Waals surface area contributed by atoms with E-state index in [0.29, 0.717) is 24.5 Å². The molecule has 3 rings (SSSR count). The van der Waals surface area contributed by atoms with E-state index in [2.05, 4.69) is 10.0 Å². The van der Waals surface area contributed by atoms with Gasteiger partial charge in [0.1, 0.15) is 10.7 Å². The summed E-state index contributed by atoms with van der Waals surface area (Å²) in [6.07, 6.45) is 0. The first kappa shape index (κ1) is 16.3. The van der Waals surface area contributed by atoms with E-state index in [-0.39, 0.29) is 12.5 Å². The Kier molecular flexibility index (Phi) is 4.39. The molecule has 6 nitrogen and oxygen atoms in total. The molecule has 0 aromatic heterocycles. The molecular weight excluding hydrogens is 333 g/mol. The lowest BCUT2D eigenvalue weighted by molar-refractivity contribution is -0.120. The van der Waals surface area contributed by atoms with E-state index < -0.39 is 20.7 Å². The molecule has 1 aliphatic heterocycles. The van der Waals surface area contributed by atoms with E-state index in [1.807, 2.05) is 0 Å². The quantitative estimate of drug-likeness (QED) is 0.878. The highest BCUT2D eigenvalue weighted by molar-refractivity contribution is 7.92. The average molecular weight is 349 g/mol. The molecule has 2 aromatic rings. The van der Waals surface area contributed by atoms with E-state index >= 15 is 0 Å². The van der Waals surface area contributed by atoms with Crippen molar-refractivity contribution in [2.24, 2.45) is 0 Å². The molecule has 2 aromatic carbocycles. The van der Waals surface area contributed by atoms with Gasteiger partial charge in [0.2, 0.25) is 5.91 Å². The molecule has 1 amide bonds. The van der Waals surface area contributed by atoms with Crippen LogP contribution >= 0.6 is 0 Å². The van der Waals surface area contributed by atoms with Gasteiger partial charge >= 0.3 is 0 Å². The molecule has 126 valence electrons. The monoisotopic (exact) mass is 349 g/mol. The fraction of sp³-hybridized carbons (Fsp3) is 0.188. The number of anilines is 2. The van der Waals surface area contributed by atoms with Crippen molar-refractivity contribution in [1.29, 1.82) is 0 Å². The van der Waals surface area contributed by atoms with Crippen LogP contribution in [0.25, 0.3) is 0 Å². The summed E-state index contributed by atoms with van der Waals surface area (Å²) >= 11 is 0. The maximum absolute atomic E-state index is 13.8. The Hall–Kier alpha value is -2.61. The third kappa shape index (κ3) is 3.33. The van der Waals surface area contributed by atoms with Gasteiger partial charge in [0.25, 0.3) is 10.0 Å². The predicted molar refractivity (Wildman–Crippen MR) is 88.9 cm³/mol. The normalized spacial score (nSPS) is 15.0. The van der Waals surface area contributed by atoms with Gasteiger partial charge in [-0.1, -0.05) is 24.3 Å². The van der Waals surface area contributed by atoms with Crippen molar-refractivity contribution in [3.63, 3.8) is 0 Å². The van der Waals surface area contributed by atoms with Crippen molar-refractivity contribution >= 4 is 27.3 Å². The minimum Gasteiger partial charge on any atom is -0.359 e. The van der Waals surface area contributed by atoms with Crippen LogP contribution in [-0.2, 0) is 14.8 Å². The van der Waals surface area contributed by atoms with Crippen molar-refractivity contribution in [1.82, 2.24) is 5.32 Å². The van der Waals surface area contributed by atoms with Gasteiger partial charge in [0.15, 0.2) is 0 Å². The maximum atomic E-state index is 13.8. The molecule has 0 aliphatic carbocycles. The molecule has 8 heteroatoms. The Morgan fingerprint density at radius 1 is 1.08 bits per heavy atom. The third-order valence-corrected chi connectivity index (χ3v) is 5.05. The van der Waals surface area contributed by atoms with Crippen molar-refractivity contribution in [2.45, 2.75) is 4.90 Å². The highest BCUT2D eigenvalue weighted by Crippen LogP contribution is 2.28. The van der Waals surface area contributed by atoms with E-state index in [1.165, 1.54) is 18.2 Å².